The topological polar surface area (TPSA) is 60.2 Å². The molecule has 1 N–H and O–H groups in total. The lowest BCUT2D eigenvalue weighted by Gasteiger charge is -2.20. The highest BCUT2D eigenvalue weighted by Crippen LogP contribution is 2.25. The number of aromatic nitrogens is 2. The van der Waals surface area contributed by atoms with Crippen LogP contribution in [0.5, 0.6) is 5.75 Å². The molecule has 1 aromatic carbocycles. The summed E-state index contributed by atoms with van der Waals surface area (Å²) in [5.74, 6) is 5.00. The number of benzene rings is 1. The quantitative estimate of drug-likeness (QED) is 0.907. The van der Waals surface area contributed by atoms with Crippen LogP contribution < -0.4 is 10.1 Å². The van der Waals surface area contributed by atoms with E-state index in [4.69, 9.17) is 9.26 Å². The molecule has 1 aromatic heterocycles. The van der Waals surface area contributed by atoms with E-state index in [0.29, 0.717) is 17.1 Å². The van der Waals surface area contributed by atoms with Crippen molar-refractivity contribution in [3.05, 3.63) is 24.3 Å². The van der Waals surface area contributed by atoms with E-state index in [0.717, 1.165) is 17.9 Å². The molecule has 1 aliphatic rings. The first-order valence-electron chi connectivity index (χ1n) is 6.76. The molecule has 3 rings (SSSR count). The molecule has 2 aromatic rings. The molecule has 7 heteroatoms. The predicted octanol–water partition coefficient (Wildman–Crippen LogP) is 3.01. The molecule has 0 radical (unpaired) electrons. The monoisotopic (exact) mass is 323 g/mol. The van der Waals surface area contributed by atoms with Gasteiger partial charge in [-0.15, -0.1) is 0 Å². The SMILES string of the molecule is COc1cccc(-c2noc(NC[C@H]3CSCCS3)n2)c1. The minimum absolute atomic E-state index is 0.476. The number of ether oxygens (including phenoxy) is 1. The van der Waals surface area contributed by atoms with Crippen LogP contribution in [-0.2, 0) is 0 Å². The van der Waals surface area contributed by atoms with Gasteiger partial charge in [-0.1, -0.05) is 17.3 Å². The molecule has 0 saturated carbocycles. The first-order chi connectivity index (χ1) is 10.3. The van der Waals surface area contributed by atoms with Gasteiger partial charge in [0.1, 0.15) is 5.75 Å². The Hall–Kier alpha value is -1.34. The lowest BCUT2D eigenvalue weighted by Crippen LogP contribution is -2.23. The molecule has 5 nitrogen and oxygen atoms in total. The number of thioether (sulfide) groups is 2. The lowest BCUT2D eigenvalue weighted by molar-refractivity contribution is 0.414. The second-order valence-electron chi connectivity index (χ2n) is 4.60. The van der Waals surface area contributed by atoms with Gasteiger partial charge < -0.3 is 14.6 Å². The molecule has 112 valence electrons. The Morgan fingerprint density at radius 2 is 2.38 bits per heavy atom. The van der Waals surface area contributed by atoms with Crippen LogP contribution in [-0.4, -0.2) is 46.3 Å². The van der Waals surface area contributed by atoms with Gasteiger partial charge in [-0.2, -0.15) is 28.5 Å². The summed E-state index contributed by atoms with van der Waals surface area (Å²) in [5, 5.41) is 7.84. The summed E-state index contributed by atoms with van der Waals surface area (Å²) in [7, 11) is 1.64. The van der Waals surface area contributed by atoms with Crippen molar-refractivity contribution in [1.29, 1.82) is 0 Å². The number of nitrogens with one attached hydrogen (secondary N) is 1. The van der Waals surface area contributed by atoms with Crippen LogP contribution in [0.1, 0.15) is 0 Å². The van der Waals surface area contributed by atoms with Gasteiger partial charge in [0.15, 0.2) is 0 Å². The largest absolute Gasteiger partial charge is 0.497 e. The van der Waals surface area contributed by atoms with Crippen LogP contribution in [0.25, 0.3) is 11.4 Å². The highest BCUT2D eigenvalue weighted by molar-refractivity contribution is 8.06. The maximum atomic E-state index is 5.25. The number of hydrogen-bond acceptors (Lipinski definition) is 7. The van der Waals surface area contributed by atoms with Gasteiger partial charge in [0.25, 0.3) is 0 Å². The molecule has 1 aliphatic heterocycles. The van der Waals surface area contributed by atoms with E-state index in [2.05, 4.69) is 15.5 Å². The van der Waals surface area contributed by atoms with Gasteiger partial charge in [0, 0.05) is 34.6 Å². The van der Waals surface area contributed by atoms with Crippen LogP contribution in [0.15, 0.2) is 28.8 Å². The van der Waals surface area contributed by atoms with Gasteiger partial charge in [-0.05, 0) is 12.1 Å². The van der Waals surface area contributed by atoms with E-state index < -0.39 is 0 Å². The summed E-state index contributed by atoms with van der Waals surface area (Å²) in [4.78, 5) is 4.38. The molecular formula is C14H17N3O2S2. The van der Waals surface area contributed by atoms with E-state index in [9.17, 15) is 0 Å². The van der Waals surface area contributed by atoms with Gasteiger partial charge in [-0.25, -0.2) is 0 Å². The molecule has 0 amide bonds. The molecule has 0 aliphatic carbocycles. The first kappa shape index (κ1) is 14.6. The number of nitrogens with zero attached hydrogens (tertiary/aromatic N) is 2. The molecule has 0 bridgehead atoms. The number of hydrogen-bond donors (Lipinski definition) is 1. The summed E-state index contributed by atoms with van der Waals surface area (Å²) in [6, 6.07) is 8.10. The average molecular weight is 323 g/mol. The van der Waals surface area contributed by atoms with E-state index in [1.165, 1.54) is 17.3 Å². The number of rotatable bonds is 5. The fourth-order valence-electron chi connectivity index (χ4n) is 2.03. The number of anilines is 1. The zero-order chi connectivity index (χ0) is 14.5. The van der Waals surface area contributed by atoms with Crippen molar-refractivity contribution in [1.82, 2.24) is 10.1 Å². The van der Waals surface area contributed by atoms with Crippen molar-refractivity contribution in [2.24, 2.45) is 0 Å². The van der Waals surface area contributed by atoms with Crippen molar-refractivity contribution in [3.63, 3.8) is 0 Å². The Labute approximate surface area is 132 Å². The van der Waals surface area contributed by atoms with Gasteiger partial charge in [0.05, 0.1) is 7.11 Å². The second-order valence-corrected chi connectivity index (χ2v) is 7.16. The Morgan fingerprint density at radius 3 is 3.19 bits per heavy atom. The summed E-state index contributed by atoms with van der Waals surface area (Å²) >= 11 is 4.00. The summed E-state index contributed by atoms with van der Waals surface area (Å²) < 4.78 is 10.5. The van der Waals surface area contributed by atoms with Crippen molar-refractivity contribution < 1.29 is 9.26 Å². The number of methoxy groups -OCH3 is 1. The third-order valence-corrected chi connectivity index (χ3v) is 5.96. The third kappa shape index (κ3) is 3.85. The minimum Gasteiger partial charge on any atom is -0.497 e. The summed E-state index contributed by atoms with van der Waals surface area (Å²) in [6.45, 7) is 0.859. The highest BCUT2D eigenvalue weighted by Gasteiger charge is 2.15. The summed E-state index contributed by atoms with van der Waals surface area (Å²) in [6.07, 6.45) is 0. The predicted molar refractivity (Wildman–Crippen MR) is 88.3 cm³/mol. The maximum absolute atomic E-state index is 5.25. The zero-order valence-corrected chi connectivity index (χ0v) is 13.4. The molecule has 0 unspecified atom stereocenters. The molecule has 2 heterocycles. The fourth-order valence-corrected chi connectivity index (χ4v) is 4.64. The van der Waals surface area contributed by atoms with Crippen molar-refractivity contribution >= 4 is 29.5 Å². The van der Waals surface area contributed by atoms with Gasteiger partial charge in [0.2, 0.25) is 5.82 Å². The first-order valence-corrected chi connectivity index (χ1v) is 8.97. The van der Waals surface area contributed by atoms with E-state index in [-0.39, 0.29) is 0 Å². The van der Waals surface area contributed by atoms with Crippen molar-refractivity contribution in [3.8, 4) is 17.1 Å². The fraction of sp³-hybridized carbons (Fsp3) is 0.429. The Kier molecular flexibility index (Phi) is 4.92. The standard InChI is InChI=1S/C14H17N3O2S2/c1-18-11-4-2-3-10(7-11)13-16-14(19-17-13)15-8-12-9-20-5-6-21-12/h2-4,7,12H,5-6,8-9H2,1H3,(H,15,16,17)/t12-/m0/s1. The average Bonchev–Trinajstić information content (AvgIpc) is 3.03. The Morgan fingerprint density at radius 1 is 1.43 bits per heavy atom. The van der Waals surface area contributed by atoms with Crippen molar-refractivity contribution in [2.45, 2.75) is 5.25 Å². The normalized spacial score (nSPS) is 18.4. The van der Waals surface area contributed by atoms with Crippen LogP contribution in [0, 0.1) is 0 Å². The van der Waals surface area contributed by atoms with Crippen LogP contribution in [0.2, 0.25) is 0 Å². The molecule has 1 atom stereocenters. The van der Waals surface area contributed by atoms with Crippen molar-refractivity contribution in [2.75, 3.05) is 36.2 Å². The van der Waals surface area contributed by atoms with Gasteiger partial charge >= 0.3 is 6.01 Å². The highest BCUT2D eigenvalue weighted by atomic mass is 32.2. The van der Waals surface area contributed by atoms with E-state index in [1.807, 2.05) is 47.8 Å². The second kappa shape index (κ2) is 7.09. The zero-order valence-electron chi connectivity index (χ0n) is 11.7. The molecule has 21 heavy (non-hydrogen) atoms. The molecule has 0 spiro atoms. The summed E-state index contributed by atoms with van der Waals surface area (Å²) in [5.41, 5.74) is 0.883. The smallest absolute Gasteiger partial charge is 0.321 e. The van der Waals surface area contributed by atoms with E-state index >= 15 is 0 Å². The minimum atomic E-state index is 0.476. The third-order valence-electron chi connectivity index (χ3n) is 3.12. The van der Waals surface area contributed by atoms with Crippen LogP contribution in [0.3, 0.4) is 0 Å². The van der Waals surface area contributed by atoms with E-state index in [1.54, 1.807) is 7.11 Å². The Balaban J connectivity index is 1.62. The van der Waals surface area contributed by atoms with Gasteiger partial charge in [-0.3, -0.25) is 0 Å². The maximum Gasteiger partial charge on any atom is 0.321 e. The molecule has 1 fully saturated rings. The molecular weight excluding hydrogens is 306 g/mol. The molecule has 1 saturated heterocycles. The lowest BCUT2D eigenvalue weighted by atomic mass is 10.2. The Bertz CT molecular complexity index is 585. The van der Waals surface area contributed by atoms with Crippen LogP contribution in [0.4, 0.5) is 6.01 Å². The van der Waals surface area contributed by atoms with Crippen LogP contribution >= 0.6 is 23.5 Å².